The Kier molecular flexibility index (Phi) is 7.06. The number of allylic oxidation sites excluding steroid dienone is 1. The second kappa shape index (κ2) is 9.64. The van der Waals surface area contributed by atoms with E-state index in [9.17, 15) is 0 Å². The first-order chi connectivity index (χ1) is 10.9. The average Bonchev–Trinajstić information content (AvgIpc) is 2.58. The topological polar surface area (TPSA) is 0 Å². The number of unbranched alkanes of at least 4 members (excludes halogenated alkanes) is 4. The highest BCUT2D eigenvalue weighted by molar-refractivity contribution is 5.43. The molecule has 0 aliphatic carbocycles. The molecule has 0 atom stereocenters. The summed E-state index contributed by atoms with van der Waals surface area (Å²) in [5, 5.41) is 0. The van der Waals surface area contributed by atoms with Gasteiger partial charge in [0.15, 0.2) is 0 Å². The minimum Gasteiger partial charge on any atom is -0.103 e. The van der Waals surface area contributed by atoms with Crippen molar-refractivity contribution in [2.75, 3.05) is 0 Å². The van der Waals surface area contributed by atoms with Crippen LogP contribution in [0.5, 0.6) is 0 Å². The van der Waals surface area contributed by atoms with Crippen molar-refractivity contribution in [1.29, 1.82) is 0 Å². The SMILES string of the molecule is C=CCCCCCCc1ccc(C#Cc2ccccc2)cc1. The lowest BCUT2D eigenvalue weighted by Crippen LogP contribution is -1.86. The molecule has 0 saturated carbocycles. The van der Waals surface area contributed by atoms with Crippen LogP contribution in [0.25, 0.3) is 0 Å². The van der Waals surface area contributed by atoms with Crippen LogP contribution in [0.1, 0.15) is 48.8 Å². The molecule has 0 heterocycles. The summed E-state index contributed by atoms with van der Waals surface area (Å²) in [5.74, 6) is 6.41. The monoisotopic (exact) mass is 288 g/mol. The van der Waals surface area contributed by atoms with E-state index in [2.05, 4.69) is 42.7 Å². The van der Waals surface area contributed by atoms with Crippen LogP contribution in [0.4, 0.5) is 0 Å². The van der Waals surface area contributed by atoms with Gasteiger partial charge in [-0.15, -0.1) is 6.58 Å². The van der Waals surface area contributed by atoms with Gasteiger partial charge in [-0.3, -0.25) is 0 Å². The standard InChI is InChI=1S/C22H24/c1-2-3-4-5-6-8-13-21-15-18-22(19-16-21)17-14-20-11-9-7-10-12-20/h2,7,9-12,15-16,18-19H,1,3-6,8,13H2. The molecule has 2 rings (SSSR count). The Labute approximate surface area is 134 Å². The quantitative estimate of drug-likeness (QED) is 0.345. The van der Waals surface area contributed by atoms with E-state index < -0.39 is 0 Å². The van der Waals surface area contributed by atoms with Gasteiger partial charge in [-0.25, -0.2) is 0 Å². The van der Waals surface area contributed by atoms with E-state index >= 15 is 0 Å². The summed E-state index contributed by atoms with van der Waals surface area (Å²) in [6.45, 7) is 3.76. The summed E-state index contributed by atoms with van der Waals surface area (Å²) in [4.78, 5) is 0. The van der Waals surface area contributed by atoms with E-state index in [4.69, 9.17) is 0 Å². The second-order valence-corrected chi connectivity index (χ2v) is 5.55. The van der Waals surface area contributed by atoms with Crippen LogP contribution in [0.2, 0.25) is 0 Å². The van der Waals surface area contributed by atoms with E-state index in [0.717, 1.165) is 17.5 Å². The van der Waals surface area contributed by atoms with E-state index in [1.807, 2.05) is 36.4 Å². The molecule has 0 radical (unpaired) electrons. The molecule has 0 aliphatic rings. The number of benzene rings is 2. The van der Waals surface area contributed by atoms with Gasteiger partial charge in [0.05, 0.1) is 0 Å². The molecule has 0 aromatic heterocycles. The third kappa shape index (κ3) is 6.02. The Bertz CT molecular complexity index is 609. The lowest BCUT2D eigenvalue weighted by atomic mass is 10.0. The molecule has 0 bridgehead atoms. The lowest BCUT2D eigenvalue weighted by molar-refractivity contribution is 0.646. The number of hydrogen-bond acceptors (Lipinski definition) is 0. The molecular weight excluding hydrogens is 264 g/mol. The maximum Gasteiger partial charge on any atom is 0.0249 e. The molecule has 2 aromatic carbocycles. The fourth-order valence-electron chi connectivity index (χ4n) is 2.39. The van der Waals surface area contributed by atoms with Gasteiger partial charge in [0.1, 0.15) is 0 Å². The summed E-state index contributed by atoms with van der Waals surface area (Å²) in [7, 11) is 0. The first kappa shape index (κ1) is 16.1. The van der Waals surface area contributed by atoms with E-state index in [1.54, 1.807) is 0 Å². The maximum atomic E-state index is 3.76. The highest BCUT2D eigenvalue weighted by Gasteiger charge is 1.94. The molecule has 0 nitrogen and oxygen atoms in total. The zero-order valence-corrected chi connectivity index (χ0v) is 13.2. The van der Waals surface area contributed by atoms with Crippen LogP contribution < -0.4 is 0 Å². The van der Waals surface area contributed by atoms with Gasteiger partial charge < -0.3 is 0 Å². The molecule has 0 unspecified atom stereocenters. The summed E-state index contributed by atoms with van der Waals surface area (Å²) in [5.41, 5.74) is 3.55. The first-order valence-electron chi connectivity index (χ1n) is 8.15. The van der Waals surface area contributed by atoms with Crippen molar-refractivity contribution in [3.63, 3.8) is 0 Å². The number of rotatable bonds is 7. The Balaban J connectivity index is 1.78. The van der Waals surface area contributed by atoms with Crippen LogP contribution >= 0.6 is 0 Å². The van der Waals surface area contributed by atoms with Crippen LogP contribution in [0.15, 0.2) is 67.3 Å². The predicted molar refractivity (Wildman–Crippen MR) is 95.9 cm³/mol. The molecule has 0 amide bonds. The summed E-state index contributed by atoms with van der Waals surface area (Å²) in [6.07, 6.45) is 9.49. The molecule has 0 saturated heterocycles. The number of hydrogen-bond donors (Lipinski definition) is 0. The van der Waals surface area contributed by atoms with Gasteiger partial charge in [-0.1, -0.05) is 61.1 Å². The van der Waals surface area contributed by atoms with Crippen molar-refractivity contribution < 1.29 is 0 Å². The maximum absolute atomic E-state index is 3.76. The van der Waals surface area contributed by atoms with Gasteiger partial charge in [0.25, 0.3) is 0 Å². The third-order valence-corrected chi connectivity index (χ3v) is 3.70. The summed E-state index contributed by atoms with van der Waals surface area (Å²) >= 11 is 0. The summed E-state index contributed by atoms with van der Waals surface area (Å²) in [6, 6.07) is 18.8. The van der Waals surface area contributed by atoms with Crippen molar-refractivity contribution >= 4 is 0 Å². The van der Waals surface area contributed by atoms with Crippen LogP contribution in [0, 0.1) is 11.8 Å². The third-order valence-electron chi connectivity index (χ3n) is 3.70. The second-order valence-electron chi connectivity index (χ2n) is 5.55. The smallest absolute Gasteiger partial charge is 0.0249 e. The van der Waals surface area contributed by atoms with Crippen molar-refractivity contribution in [3.05, 3.63) is 83.9 Å². The predicted octanol–water partition coefficient (Wildman–Crippen LogP) is 5.77. The molecular formula is C22H24. The molecule has 0 aliphatic heterocycles. The van der Waals surface area contributed by atoms with E-state index in [0.29, 0.717) is 0 Å². The average molecular weight is 288 g/mol. The van der Waals surface area contributed by atoms with Crippen LogP contribution in [0.3, 0.4) is 0 Å². The fraction of sp³-hybridized carbons (Fsp3) is 0.273. The molecule has 0 fully saturated rings. The highest BCUT2D eigenvalue weighted by atomic mass is 14.0. The Morgan fingerprint density at radius 2 is 1.36 bits per heavy atom. The molecule has 0 heteroatoms. The first-order valence-corrected chi connectivity index (χ1v) is 8.15. The fourth-order valence-corrected chi connectivity index (χ4v) is 2.39. The zero-order chi connectivity index (χ0) is 15.5. The van der Waals surface area contributed by atoms with Crippen molar-refractivity contribution in [1.82, 2.24) is 0 Å². The Morgan fingerprint density at radius 1 is 0.727 bits per heavy atom. The van der Waals surface area contributed by atoms with Gasteiger partial charge in [0, 0.05) is 11.1 Å². The van der Waals surface area contributed by atoms with Crippen LogP contribution in [-0.2, 0) is 6.42 Å². The lowest BCUT2D eigenvalue weighted by Gasteiger charge is -2.02. The largest absolute Gasteiger partial charge is 0.103 e. The van der Waals surface area contributed by atoms with E-state index in [-0.39, 0.29) is 0 Å². The molecule has 0 spiro atoms. The molecule has 0 N–H and O–H groups in total. The Morgan fingerprint density at radius 3 is 2.05 bits per heavy atom. The van der Waals surface area contributed by atoms with E-state index in [1.165, 1.54) is 37.7 Å². The summed E-state index contributed by atoms with van der Waals surface area (Å²) < 4.78 is 0. The van der Waals surface area contributed by atoms with Gasteiger partial charge in [-0.2, -0.15) is 0 Å². The minimum absolute atomic E-state index is 1.06. The zero-order valence-electron chi connectivity index (χ0n) is 13.2. The normalized spacial score (nSPS) is 9.82. The Hall–Kier alpha value is -2.26. The molecule has 2 aromatic rings. The van der Waals surface area contributed by atoms with Crippen molar-refractivity contribution in [3.8, 4) is 11.8 Å². The molecule has 22 heavy (non-hydrogen) atoms. The van der Waals surface area contributed by atoms with Crippen molar-refractivity contribution in [2.24, 2.45) is 0 Å². The number of aryl methyl sites for hydroxylation is 1. The van der Waals surface area contributed by atoms with Gasteiger partial charge in [0.2, 0.25) is 0 Å². The van der Waals surface area contributed by atoms with Gasteiger partial charge in [-0.05, 0) is 55.5 Å². The minimum atomic E-state index is 1.06. The van der Waals surface area contributed by atoms with Gasteiger partial charge >= 0.3 is 0 Å². The highest BCUT2D eigenvalue weighted by Crippen LogP contribution is 2.10. The molecule has 112 valence electrons. The van der Waals surface area contributed by atoms with Crippen LogP contribution in [-0.4, -0.2) is 0 Å². The van der Waals surface area contributed by atoms with Crippen molar-refractivity contribution in [2.45, 2.75) is 38.5 Å².